The number of urea groups is 1. The topological polar surface area (TPSA) is 91.3 Å². The number of amides is 2. The van der Waals surface area contributed by atoms with Gasteiger partial charge < -0.3 is 15.7 Å². The Morgan fingerprint density at radius 3 is 2.76 bits per heavy atom. The largest absolute Gasteiger partial charge is 0.480 e. The van der Waals surface area contributed by atoms with E-state index in [1.807, 2.05) is 12.3 Å². The molecule has 0 saturated carbocycles. The van der Waals surface area contributed by atoms with E-state index < -0.39 is 18.0 Å². The van der Waals surface area contributed by atoms with Gasteiger partial charge in [0.25, 0.3) is 0 Å². The van der Waals surface area contributed by atoms with Gasteiger partial charge in [-0.3, -0.25) is 0 Å². The summed E-state index contributed by atoms with van der Waals surface area (Å²) in [5.74, 6) is -1.04. The molecular formula is C10H15N3O3S. The Balaban J connectivity index is 2.37. The minimum Gasteiger partial charge on any atom is -0.480 e. The van der Waals surface area contributed by atoms with Crippen molar-refractivity contribution in [1.29, 1.82) is 0 Å². The predicted molar refractivity (Wildman–Crippen MR) is 63.9 cm³/mol. The van der Waals surface area contributed by atoms with Crippen molar-refractivity contribution in [3.05, 3.63) is 16.1 Å². The number of carboxylic acids is 1. The highest BCUT2D eigenvalue weighted by Crippen LogP contribution is 2.07. The summed E-state index contributed by atoms with van der Waals surface area (Å²) >= 11 is 1.50. The average molecular weight is 257 g/mol. The highest BCUT2D eigenvalue weighted by molar-refractivity contribution is 7.09. The summed E-state index contributed by atoms with van der Waals surface area (Å²) in [6.45, 7) is 3.88. The van der Waals surface area contributed by atoms with Crippen LogP contribution in [0.2, 0.25) is 0 Å². The molecule has 1 unspecified atom stereocenters. The molecule has 1 atom stereocenters. The van der Waals surface area contributed by atoms with Crippen LogP contribution in [-0.2, 0) is 11.3 Å². The van der Waals surface area contributed by atoms with Crippen LogP contribution >= 0.6 is 11.3 Å². The summed E-state index contributed by atoms with van der Waals surface area (Å²) in [4.78, 5) is 26.3. The maximum absolute atomic E-state index is 11.4. The molecule has 0 bridgehead atoms. The zero-order valence-corrected chi connectivity index (χ0v) is 10.5. The number of carboxylic acid groups (broad SMARTS) is 1. The van der Waals surface area contributed by atoms with E-state index in [1.165, 1.54) is 11.3 Å². The van der Waals surface area contributed by atoms with Gasteiger partial charge in [-0.25, -0.2) is 14.6 Å². The van der Waals surface area contributed by atoms with Crippen LogP contribution in [0.25, 0.3) is 0 Å². The van der Waals surface area contributed by atoms with Gasteiger partial charge in [0.05, 0.1) is 17.2 Å². The number of carbonyl (C=O) groups excluding carboxylic acids is 1. The van der Waals surface area contributed by atoms with Gasteiger partial charge in [-0.15, -0.1) is 11.3 Å². The first-order valence-corrected chi connectivity index (χ1v) is 6.09. The molecule has 0 aromatic carbocycles. The van der Waals surface area contributed by atoms with Crippen molar-refractivity contribution in [2.24, 2.45) is 0 Å². The van der Waals surface area contributed by atoms with Crippen LogP contribution in [0.15, 0.2) is 5.38 Å². The third-order valence-corrected chi connectivity index (χ3v) is 2.93. The molecule has 0 saturated heterocycles. The summed E-state index contributed by atoms with van der Waals surface area (Å²) in [6.07, 6.45) is 0.346. The normalized spacial score (nSPS) is 11.9. The molecule has 17 heavy (non-hydrogen) atoms. The number of nitrogens with zero attached hydrogens (tertiary/aromatic N) is 1. The Bertz CT molecular complexity index is 405. The third-order valence-electron chi connectivity index (χ3n) is 2.11. The molecule has 0 spiro atoms. The molecule has 1 aromatic heterocycles. The molecule has 0 radical (unpaired) electrons. The van der Waals surface area contributed by atoms with Gasteiger partial charge in [0.15, 0.2) is 0 Å². The maximum atomic E-state index is 11.4. The second-order valence-corrected chi connectivity index (χ2v) is 4.55. The van der Waals surface area contributed by atoms with Crippen LogP contribution in [-0.4, -0.2) is 28.1 Å². The number of nitrogens with one attached hydrogen (secondary N) is 2. The number of rotatable bonds is 5. The van der Waals surface area contributed by atoms with Crippen LogP contribution in [0, 0.1) is 6.92 Å². The molecule has 1 heterocycles. The highest BCUT2D eigenvalue weighted by Gasteiger charge is 2.17. The quantitative estimate of drug-likeness (QED) is 0.737. The van der Waals surface area contributed by atoms with E-state index in [4.69, 9.17) is 5.11 Å². The zero-order valence-electron chi connectivity index (χ0n) is 9.69. The van der Waals surface area contributed by atoms with Crippen molar-refractivity contribution in [2.45, 2.75) is 32.9 Å². The van der Waals surface area contributed by atoms with Crippen molar-refractivity contribution in [1.82, 2.24) is 15.6 Å². The Labute approximate surface area is 103 Å². The number of hydrogen-bond acceptors (Lipinski definition) is 4. The molecule has 3 N–H and O–H groups in total. The fourth-order valence-corrected chi connectivity index (χ4v) is 1.82. The number of hydrogen-bond donors (Lipinski definition) is 3. The van der Waals surface area contributed by atoms with E-state index in [0.29, 0.717) is 13.0 Å². The molecular weight excluding hydrogens is 242 g/mol. The lowest BCUT2D eigenvalue weighted by Crippen LogP contribution is -2.45. The third kappa shape index (κ3) is 4.39. The summed E-state index contributed by atoms with van der Waals surface area (Å²) in [5.41, 5.74) is 0.769. The smallest absolute Gasteiger partial charge is 0.326 e. The average Bonchev–Trinajstić information content (AvgIpc) is 2.68. The fourth-order valence-electron chi connectivity index (χ4n) is 1.21. The van der Waals surface area contributed by atoms with Crippen molar-refractivity contribution < 1.29 is 14.7 Å². The minimum atomic E-state index is -1.04. The molecule has 1 rings (SSSR count). The number of aromatic nitrogens is 1. The monoisotopic (exact) mass is 257 g/mol. The van der Waals surface area contributed by atoms with Gasteiger partial charge in [0.2, 0.25) is 0 Å². The van der Waals surface area contributed by atoms with Crippen molar-refractivity contribution >= 4 is 23.3 Å². The Morgan fingerprint density at radius 1 is 1.59 bits per heavy atom. The van der Waals surface area contributed by atoms with Crippen LogP contribution in [0.4, 0.5) is 4.79 Å². The van der Waals surface area contributed by atoms with Crippen LogP contribution in [0.1, 0.15) is 24.0 Å². The van der Waals surface area contributed by atoms with E-state index in [0.717, 1.165) is 10.7 Å². The van der Waals surface area contributed by atoms with E-state index in [2.05, 4.69) is 15.6 Å². The fraction of sp³-hybridized carbons (Fsp3) is 0.500. The number of thiazole rings is 1. The Morgan fingerprint density at radius 2 is 2.29 bits per heavy atom. The molecule has 94 valence electrons. The van der Waals surface area contributed by atoms with E-state index in [9.17, 15) is 9.59 Å². The summed E-state index contributed by atoms with van der Waals surface area (Å²) in [6, 6.07) is -1.35. The van der Waals surface area contributed by atoms with E-state index in [1.54, 1.807) is 6.92 Å². The van der Waals surface area contributed by atoms with Crippen LogP contribution in [0.5, 0.6) is 0 Å². The molecule has 6 nitrogen and oxygen atoms in total. The lowest BCUT2D eigenvalue weighted by atomic mass is 10.2. The second-order valence-electron chi connectivity index (χ2n) is 3.48. The van der Waals surface area contributed by atoms with Crippen molar-refractivity contribution in [2.75, 3.05) is 0 Å². The summed E-state index contributed by atoms with van der Waals surface area (Å²) < 4.78 is 0. The first kappa shape index (κ1) is 13.4. The van der Waals surface area contributed by atoms with E-state index in [-0.39, 0.29) is 0 Å². The van der Waals surface area contributed by atoms with Gasteiger partial charge in [-0.1, -0.05) is 6.92 Å². The first-order chi connectivity index (χ1) is 8.02. The van der Waals surface area contributed by atoms with Gasteiger partial charge >= 0.3 is 12.0 Å². The standard InChI is InChI=1S/C10H15N3O3S/c1-3-8(9(14)15)13-10(16)11-4-7-5-17-6(2)12-7/h5,8H,3-4H2,1-2H3,(H,14,15)(H2,11,13,16). The molecule has 0 fully saturated rings. The molecule has 0 aliphatic heterocycles. The van der Waals surface area contributed by atoms with Crippen LogP contribution in [0.3, 0.4) is 0 Å². The number of aryl methyl sites for hydroxylation is 1. The number of carbonyl (C=O) groups is 2. The lowest BCUT2D eigenvalue weighted by molar-refractivity contribution is -0.139. The maximum Gasteiger partial charge on any atom is 0.326 e. The minimum absolute atomic E-state index is 0.298. The molecule has 0 aliphatic rings. The zero-order chi connectivity index (χ0) is 12.8. The van der Waals surface area contributed by atoms with Crippen molar-refractivity contribution in [3.63, 3.8) is 0 Å². The van der Waals surface area contributed by atoms with Gasteiger partial charge in [-0.2, -0.15) is 0 Å². The van der Waals surface area contributed by atoms with Crippen LogP contribution < -0.4 is 10.6 Å². The molecule has 0 aliphatic carbocycles. The molecule has 1 aromatic rings. The summed E-state index contributed by atoms with van der Waals surface area (Å²) in [7, 11) is 0. The molecule has 7 heteroatoms. The highest BCUT2D eigenvalue weighted by atomic mass is 32.1. The SMILES string of the molecule is CCC(NC(=O)NCc1csc(C)n1)C(=O)O. The first-order valence-electron chi connectivity index (χ1n) is 5.21. The predicted octanol–water partition coefficient (Wildman–Crippen LogP) is 1.11. The van der Waals surface area contributed by atoms with Gasteiger partial charge in [0.1, 0.15) is 6.04 Å². The number of aliphatic carboxylic acids is 1. The summed E-state index contributed by atoms with van der Waals surface area (Å²) in [5, 5.41) is 16.5. The Kier molecular flexibility index (Phi) is 4.89. The van der Waals surface area contributed by atoms with Gasteiger partial charge in [0, 0.05) is 5.38 Å². The second kappa shape index (κ2) is 6.19. The van der Waals surface area contributed by atoms with Crippen molar-refractivity contribution in [3.8, 4) is 0 Å². The van der Waals surface area contributed by atoms with Gasteiger partial charge in [-0.05, 0) is 13.3 Å². The molecule has 2 amide bonds. The van der Waals surface area contributed by atoms with E-state index >= 15 is 0 Å². The lowest BCUT2D eigenvalue weighted by Gasteiger charge is -2.12. The Hall–Kier alpha value is -1.63.